The van der Waals surface area contributed by atoms with Crippen molar-refractivity contribution in [1.82, 2.24) is 4.31 Å². The average Bonchev–Trinajstić information content (AvgIpc) is 3.08. The third-order valence-corrected chi connectivity index (χ3v) is 7.21. The monoisotopic (exact) mass is 376 g/mol. The highest BCUT2D eigenvalue weighted by molar-refractivity contribution is 7.89. The number of hydrogen-bond acceptors (Lipinski definition) is 5. The van der Waals surface area contributed by atoms with Gasteiger partial charge in [0.25, 0.3) is 0 Å². The summed E-state index contributed by atoms with van der Waals surface area (Å²) in [6, 6.07) is 11.3. The van der Waals surface area contributed by atoms with Crippen LogP contribution in [0.4, 0.5) is 5.69 Å². The molecule has 7 heteroatoms. The van der Waals surface area contributed by atoms with E-state index in [-0.39, 0.29) is 0 Å². The number of benzene rings is 2. The molecule has 0 amide bonds. The summed E-state index contributed by atoms with van der Waals surface area (Å²) in [4.78, 5) is 2.36. The molecule has 2 aromatic rings. The lowest BCUT2D eigenvalue weighted by Crippen LogP contribution is -2.47. The molecule has 0 unspecified atom stereocenters. The minimum atomic E-state index is -3.57. The van der Waals surface area contributed by atoms with E-state index in [1.807, 2.05) is 49.3 Å². The van der Waals surface area contributed by atoms with E-state index in [2.05, 4.69) is 0 Å². The van der Waals surface area contributed by atoms with Gasteiger partial charge in [0.05, 0.1) is 18.1 Å². The predicted octanol–water partition coefficient (Wildman–Crippen LogP) is 2.43. The molecule has 0 atom stereocenters. The molecule has 2 aromatic carbocycles. The summed E-state index contributed by atoms with van der Waals surface area (Å²) in [6.45, 7) is 1.99. The molecule has 2 fully saturated rings. The number of nitrogens with zero attached hydrogens (tertiary/aromatic N) is 2. The molecule has 2 aliphatic rings. The fourth-order valence-electron chi connectivity index (χ4n) is 3.87. The van der Waals surface area contributed by atoms with Gasteiger partial charge in [-0.15, -0.1) is 0 Å². The molecule has 2 saturated heterocycles. The van der Waals surface area contributed by atoms with Crippen molar-refractivity contribution in [2.24, 2.45) is 0 Å². The fourth-order valence-corrected chi connectivity index (χ4v) is 5.52. The second kappa shape index (κ2) is 6.49. The van der Waals surface area contributed by atoms with Crippen molar-refractivity contribution in [3.8, 4) is 0 Å². The van der Waals surface area contributed by atoms with Crippen LogP contribution in [0.25, 0.3) is 10.8 Å². The Morgan fingerprint density at radius 2 is 1.58 bits per heavy atom. The van der Waals surface area contributed by atoms with Crippen LogP contribution in [0.2, 0.25) is 0 Å². The van der Waals surface area contributed by atoms with Gasteiger partial charge in [-0.1, -0.05) is 24.3 Å². The molecule has 1 spiro atoms. The Labute approximate surface area is 154 Å². The van der Waals surface area contributed by atoms with Gasteiger partial charge in [-0.3, -0.25) is 0 Å². The Balaban J connectivity index is 1.69. The van der Waals surface area contributed by atoms with Crippen LogP contribution in [0.1, 0.15) is 12.8 Å². The van der Waals surface area contributed by atoms with Crippen LogP contribution in [-0.2, 0) is 19.5 Å². The van der Waals surface area contributed by atoms with Gasteiger partial charge in [-0.2, -0.15) is 4.31 Å². The molecule has 2 heterocycles. The molecule has 6 nitrogen and oxygen atoms in total. The summed E-state index contributed by atoms with van der Waals surface area (Å²) in [5, 5.41) is 1.70. The molecule has 0 N–H and O–H groups in total. The first kappa shape index (κ1) is 17.7. The van der Waals surface area contributed by atoms with Crippen molar-refractivity contribution in [1.29, 1.82) is 0 Å². The maximum Gasteiger partial charge on any atom is 0.243 e. The first-order chi connectivity index (χ1) is 12.4. The van der Waals surface area contributed by atoms with E-state index in [1.165, 1.54) is 0 Å². The third kappa shape index (κ3) is 2.89. The minimum Gasteiger partial charge on any atom is -0.377 e. The normalized spacial score (nSPS) is 20.7. The lowest BCUT2D eigenvalue weighted by atomic mass is 10.1. The quantitative estimate of drug-likeness (QED) is 0.823. The molecule has 0 radical (unpaired) electrons. The van der Waals surface area contributed by atoms with Gasteiger partial charge in [0, 0.05) is 56.5 Å². The van der Waals surface area contributed by atoms with E-state index in [4.69, 9.17) is 9.47 Å². The zero-order valence-corrected chi connectivity index (χ0v) is 16.0. The number of piperidine rings is 1. The smallest absolute Gasteiger partial charge is 0.243 e. The molecule has 2 aliphatic heterocycles. The number of fused-ring (bicyclic) bond motifs is 1. The lowest BCUT2D eigenvalue weighted by Gasteiger charge is -2.37. The largest absolute Gasteiger partial charge is 0.377 e. The average molecular weight is 376 g/mol. The van der Waals surface area contributed by atoms with Crippen molar-refractivity contribution >= 4 is 26.5 Å². The number of rotatable bonds is 3. The topological polar surface area (TPSA) is 59.1 Å². The maximum absolute atomic E-state index is 13.3. The van der Waals surface area contributed by atoms with Crippen LogP contribution in [0.15, 0.2) is 41.3 Å². The Kier molecular flexibility index (Phi) is 4.43. The van der Waals surface area contributed by atoms with Gasteiger partial charge in [0.1, 0.15) is 0 Å². The molecular formula is C19H24N2O4S. The van der Waals surface area contributed by atoms with Crippen LogP contribution in [0, 0.1) is 0 Å². The molecular weight excluding hydrogens is 352 g/mol. The number of hydrogen-bond donors (Lipinski definition) is 0. The zero-order valence-electron chi connectivity index (χ0n) is 15.1. The summed E-state index contributed by atoms with van der Waals surface area (Å²) in [6.07, 6.45) is 1.14. The number of ether oxygens (including phenoxy) is 2. The summed E-state index contributed by atoms with van der Waals surface area (Å²) < 4.78 is 39.6. The van der Waals surface area contributed by atoms with Crippen LogP contribution in [-0.4, -0.2) is 58.9 Å². The van der Waals surface area contributed by atoms with Crippen LogP contribution in [0.5, 0.6) is 0 Å². The number of sulfonamides is 1. The Hall–Kier alpha value is -1.67. The van der Waals surface area contributed by atoms with Crippen molar-refractivity contribution in [2.75, 3.05) is 45.3 Å². The molecule has 26 heavy (non-hydrogen) atoms. The van der Waals surface area contributed by atoms with E-state index in [1.54, 1.807) is 10.4 Å². The Morgan fingerprint density at radius 1 is 0.962 bits per heavy atom. The van der Waals surface area contributed by atoms with Crippen molar-refractivity contribution in [3.05, 3.63) is 36.4 Å². The summed E-state index contributed by atoms with van der Waals surface area (Å²) in [5.74, 6) is -0.580. The Bertz CT molecular complexity index is 910. The summed E-state index contributed by atoms with van der Waals surface area (Å²) in [7, 11) is 0.346. The highest BCUT2D eigenvalue weighted by atomic mass is 32.2. The molecule has 0 aromatic heterocycles. The zero-order chi connectivity index (χ0) is 18.4. The third-order valence-electron chi connectivity index (χ3n) is 5.26. The van der Waals surface area contributed by atoms with Crippen molar-refractivity contribution < 1.29 is 17.9 Å². The van der Waals surface area contributed by atoms with Gasteiger partial charge < -0.3 is 14.4 Å². The molecule has 140 valence electrons. The fraction of sp³-hybridized carbons (Fsp3) is 0.474. The first-order valence-corrected chi connectivity index (χ1v) is 10.3. The molecule has 0 bridgehead atoms. The summed E-state index contributed by atoms with van der Waals surface area (Å²) in [5.41, 5.74) is 1.00. The minimum absolute atomic E-state index is 0.364. The van der Waals surface area contributed by atoms with Gasteiger partial charge in [0.2, 0.25) is 10.0 Å². The predicted molar refractivity (Wildman–Crippen MR) is 101 cm³/mol. The van der Waals surface area contributed by atoms with Gasteiger partial charge in [-0.25, -0.2) is 8.42 Å². The standard InChI is InChI=1S/C19H24N2O4S/c1-20(2)17-7-3-6-16-15(17)5-4-8-18(16)26(22,23)21-11-9-19(10-12-21)24-13-14-25-19/h3-8H,9-14H2,1-2H3. The van der Waals surface area contributed by atoms with E-state index in [0.717, 1.165) is 16.5 Å². The maximum atomic E-state index is 13.3. The van der Waals surface area contributed by atoms with E-state index >= 15 is 0 Å². The van der Waals surface area contributed by atoms with Crippen molar-refractivity contribution in [3.63, 3.8) is 0 Å². The van der Waals surface area contributed by atoms with Crippen LogP contribution >= 0.6 is 0 Å². The Morgan fingerprint density at radius 3 is 2.23 bits per heavy atom. The van der Waals surface area contributed by atoms with Crippen molar-refractivity contribution in [2.45, 2.75) is 23.5 Å². The van der Waals surface area contributed by atoms with Gasteiger partial charge in [-0.05, 0) is 12.1 Å². The van der Waals surface area contributed by atoms with E-state index < -0.39 is 15.8 Å². The lowest BCUT2D eigenvalue weighted by molar-refractivity contribution is -0.179. The molecule has 0 saturated carbocycles. The first-order valence-electron chi connectivity index (χ1n) is 8.90. The highest BCUT2D eigenvalue weighted by Gasteiger charge is 2.42. The van der Waals surface area contributed by atoms with E-state index in [9.17, 15) is 8.42 Å². The van der Waals surface area contributed by atoms with Crippen LogP contribution in [0.3, 0.4) is 0 Å². The summed E-state index contributed by atoms with van der Waals surface area (Å²) >= 11 is 0. The molecule has 4 rings (SSSR count). The van der Waals surface area contributed by atoms with Gasteiger partial charge in [0.15, 0.2) is 5.79 Å². The SMILES string of the molecule is CN(C)c1cccc2c(S(=O)(=O)N3CCC4(CC3)OCCO4)cccc12. The number of anilines is 1. The van der Waals surface area contributed by atoms with Gasteiger partial charge >= 0.3 is 0 Å². The second-order valence-corrected chi connectivity index (χ2v) is 8.94. The highest BCUT2D eigenvalue weighted by Crippen LogP contribution is 2.36. The van der Waals surface area contributed by atoms with E-state index in [0.29, 0.717) is 44.0 Å². The molecule has 0 aliphatic carbocycles. The second-order valence-electron chi connectivity index (χ2n) is 7.03. The van der Waals surface area contributed by atoms with Crippen LogP contribution < -0.4 is 4.90 Å².